The van der Waals surface area contributed by atoms with Gasteiger partial charge in [-0.1, -0.05) is 37.5 Å². The first-order chi connectivity index (χ1) is 16.2. The first-order valence-corrected chi connectivity index (χ1v) is 11.8. The molecular formula is C26H27N3O3S. The Labute approximate surface area is 199 Å². The maximum atomic E-state index is 12.0. The Morgan fingerprint density at radius 1 is 1.12 bits per heavy atom. The summed E-state index contributed by atoms with van der Waals surface area (Å²) in [5, 5.41) is 4.28. The predicted octanol–water partition coefficient (Wildman–Crippen LogP) is 5.43. The normalized spacial score (nSPS) is 21.1. The third-order valence-electron chi connectivity index (χ3n) is 6.59. The molecule has 1 aromatic carbocycles. The fourth-order valence-electron chi connectivity index (χ4n) is 5.01. The van der Waals surface area contributed by atoms with Crippen LogP contribution in [-0.4, -0.2) is 34.1 Å². The first-order valence-electron chi connectivity index (χ1n) is 11.4. The topological polar surface area (TPSA) is 67.6 Å². The van der Waals surface area contributed by atoms with E-state index in [1.165, 1.54) is 26.4 Å². The quantitative estimate of drug-likeness (QED) is 0.401. The lowest BCUT2D eigenvalue weighted by Crippen LogP contribution is -2.40. The molecule has 0 amide bonds. The summed E-state index contributed by atoms with van der Waals surface area (Å²) in [6, 6.07) is 17.4. The number of rotatable bonds is 5. The molecule has 1 saturated heterocycles. The van der Waals surface area contributed by atoms with Gasteiger partial charge in [-0.25, -0.2) is 4.79 Å². The van der Waals surface area contributed by atoms with Crippen LogP contribution in [0.15, 0.2) is 65.2 Å². The molecule has 1 saturated carbocycles. The van der Waals surface area contributed by atoms with E-state index in [0.29, 0.717) is 17.4 Å². The van der Waals surface area contributed by atoms with Crippen molar-refractivity contribution in [1.82, 2.24) is 15.2 Å². The van der Waals surface area contributed by atoms with Crippen molar-refractivity contribution in [3.8, 4) is 11.3 Å². The number of nitrogens with one attached hydrogen (secondary N) is 1. The van der Waals surface area contributed by atoms with Crippen LogP contribution < -0.4 is 5.32 Å². The summed E-state index contributed by atoms with van der Waals surface area (Å²) in [6.07, 6.45) is 7.78. The van der Waals surface area contributed by atoms with E-state index in [4.69, 9.17) is 21.4 Å². The van der Waals surface area contributed by atoms with E-state index >= 15 is 0 Å². The van der Waals surface area contributed by atoms with Gasteiger partial charge in [0, 0.05) is 17.8 Å². The molecule has 2 aliphatic rings. The van der Waals surface area contributed by atoms with Gasteiger partial charge in [0.15, 0.2) is 5.11 Å². The van der Waals surface area contributed by atoms with Crippen LogP contribution in [0.4, 0.5) is 0 Å². The lowest BCUT2D eigenvalue weighted by molar-refractivity contribution is 0.0601. The van der Waals surface area contributed by atoms with Crippen LogP contribution in [0.1, 0.15) is 66.0 Å². The number of hydrogen-bond donors (Lipinski definition) is 1. The van der Waals surface area contributed by atoms with Gasteiger partial charge in [-0.2, -0.15) is 0 Å². The van der Waals surface area contributed by atoms with Crippen LogP contribution in [0.2, 0.25) is 0 Å². The number of thiocarbonyl (C=S) groups is 1. The molecule has 3 aromatic rings. The highest BCUT2D eigenvalue weighted by Gasteiger charge is 2.44. The molecule has 2 unspecified atom stereocenters. The Kier molecular flexibility index (Phi) is 6.13. The summed E-state index contributed by atoms with van der Waals surface area (Å²) in [5.41, 5.74) is 2.26. The summed E-state index contributed by atoms with van der Waals surface area (Å²) in [5.74, 6) is 1.17. The van der Waals surface area contributed by atoms with E-state index in [-0.39, 0.29) is 18.1 Å². The summed E-state index contributed by atoms with van der Waals surface area (Å²) in [6.45, 7) is 0. The maximum Gasteiger partial charge on any atom is 0.337 e. The minimum Gasteiger partial charge on any atom is -0.465 e. The Balaban J connectivity index is 1.52. The van der Waals surface area contributed by atoms with Crippen LogP contribution in [0, 0.1) is 0 Å². The Hall–Kier alpha value is -3.19. The van der Waals surface area contributed by atoms with Gasteiger partial charge in [-0.3, -0.25) is 4.98 Å². The lowest BCUT2D eigenvalue weighted by Gasteiger charge is -2.36. The van der Waals surface area contributed by atoms with Crippen molar-refractivity contribution in [3.63, 3.8) is 0 Å². The fraction of sp³-hybridized carbons (Fsp3) is 0.346. The second-order valence-corrected chi connectivity index (χ2v) is 8.99. The summed E-state index contributed by atoms with van der Waals surface area (Å²) >= 11 is 5.83. The first kappa shape index (κ1) is 21.6. The second-order valence-electron chi connectivity index (χ2n) is 8.60. The zero-order chi connectivity index (χ0) is 22.8. The number of furan rings is 1. The molecule has 0 spiro atoms. The van der Waals surface area contributed by atoms with E-state index in [0.717, 1.165) is 35.0 Å². The van der Waals surface area contributed by atoms with Gasteiger partial charge in [-0.05, 0) is 61.5 Å². The SMILES string of the molecule is COC(=O)c1cccc(-c2ccc(C3C(c4ccccn4)NC(=S)N3C3CCCCC3)o2)c1. The summed E-state index contributed by atoms with van der Waals surface area (Å²) in [7, 11) is 1.38. The van der Waals surface area contributed by atoms with Crippen molar-refractivity contribution in [2.24, 2.45) is 0 Å². The minimum atomic E-state index is -0.368. The third kappa shape index (κ3) is 4.25. The van der Waals surface area contributed by atoms with Gasteiger partial charge in [0.2, 0.25) is 0 Å². The van der Waals surface area contributed by atoms with E-state index in [9.17, 15) is 4.79 Å². The highest BCUT2D eigenvalue weighted by molar-refractivity contribution is 7.80. The predicted molar refractivity (Wildman–Crippen MR) is 130 cm³/mol. The van der Waals surface area contributed by atoms with Crippen LogP contribution in [0.25, 0.3) is 11.3 Å². The number of pyridine rings is 1. The number of carbonyl (C=O) groups is 1. The smallest absolute Gasteiger partial charge is 0.337 e. The number of carbonyl (C=O) groups excluding carboxylic acids is 1. The van der Waals surface area contributed by atoms with Crippen molar-refractivity contribution < 1.29 is 13.9 Å². The molecule has 5 rings (SSSR count). The van der Waals surface area contributed by atoms with E-state index in [2.05, 4.69) is 15.2 Å². The number of nitrogens with zero attached hydrogens (tertiary/aromatic N) is 2. The highest BCUT2D eigenvalue weighted by Crippen LogP contribution is 2.43. The molecule has 2 aromatic heterocycles. The summed E-state index contributed by atoms with van der Waals surface area (Å²) < 4.78 is 11.3. The molecule has 7 heteroatoms. The van der Waals surface area contributed by atoms with Crippen LogP contribution in [-0.2, 0) is 4.74 Å². The highest BCUT2D eigenvalue weighted by atomic mass is 32.1. The second kappa shape index (κ2) is 9.35. The molecule has 2 atom stereocenters. The average molecular weight is 462 g/mol. The van der Waals surface area contributed by atoms with E-state index in [1.54, 1.807) is 12.1 Å². The fourth-order valence-corrected chi connectivity index (χ4v) is 5.40. The molecule has 1 aliphatic carbocycles. The van der Waals surface area contributed by atoms with Crippen molar-refractivity contribution in [2.45, 2.75) is 50.2 Å². The largest absolute Gasteiger partial charge is 0.465 e. The van der Waals surface area contributed by atoms with Gasteiger partial charge in [-0.15, -0.1) is 0 Å². The molecule has 2 fully saturated rings. The van der Waals surface area contributed by atoms with Gasteiger partial charge in [0.05, 0.1) is 24.4 Å². The Morgan fingerprint density at radius 2 is 1.97 bits per heavy atom. The number of ether oxygens (including phenoxy) is 1. The van der Waals surface area contributed by atoms with Crippen molar-refractivity contribution >= 4 is 23.3 Å². The van der Waals surface area contributed by atoms with Crippen molar-refractivity contribution in [2.75, 3.05) is 7.11 Å². The molecule has 33 heavy (non-hydrogen) atoms. The molecule has 6 nitrogen and oxygen atoms in total. The standard InChI is InChI=1S/C26H27N3O3S/c1-31-25(30)18-9-7-8-17(16-18)21-13-14-22(32-21)24-23(20-12-5-6-15-27-20)28-26(33)29(24)19-10-3-2-4-11-19/h5-9,12-16,19,23-24H,2-4,10-11H2,1H3,(H,28,33). The van der Waals surface area contributed by atoms with E-state index < -0.39 is 0 Å². The monoisotopic (exact) mass is 461 g/mol. The summed E-state index contributed by atoms with van der Waals surface area (Å²) in [4.78, 5) is 18.9. The zero-order valence-electron chi connectivity index (χ0n) is 18.6. The molecule has 0 bridgehead atoms. The number of methoxy groups -OCH3 is 1. The minimum absolute atomic E-state index is 0.0898. The van der Waals surface area contributed by atoms with Gasteiger partial charge < -0.3 is 19.4 Å². The molecular weight excluding hydrogens is 434 g/mol. The zero-order valence-corrected chi connectivity index (χ0v) is 19.4. The average Bonchev–Trinajstić information content (AvgIpc) is 3.49. The van der Waals surface area contributed by atoms with Gasteiger partial charge in [0.1, 0.15) is 17.6 Å². The van der Waals surface area contributed by atoms with E-state index in [1.807, 2.05) is 48.7 Å². The third-order valence-corrected chi connectivity index (χ3v) is 6.92. The van der Waals surface area contributed by atoms with Gasteiger partial charge in [0.25, 0.3) is 0 Å². The molecule has 170 valence electrons. The lowest BCUT2D eigenvalue weighted by atomic mass is 9.92. The molecule has 1 N–H and O–H groups in total. The van der Waals surface area contributed by atoms with Crippen LogP contribution in [0.5, 0.6) is 0 Å². The van der Waals surface area contributed by atoms with Crippen molar-refractivity contribution in [1.29, 1.82) is 0 Å². The maximum absolute atomic E-state index is 12.0. The van der Waals surface area contributed by atoms with Crippen molar-refractivity contribution in [3.05, 3.63) is 77.8 Å². The number of esters is 1. The van der Waals surface area contributed by atoms with Crippen LogP contribution >= 0.6 is 12.2 Å². The number of aromatic nitrogens is 1. The molecule has 3 heterocycles. The Bertz CT molecular complexity index is 1140. The molecule has 1 aliphatic heterocycles. The van der Waals surface area contributed by atoms with Crippen LogP contribution in [0.3, 0.4) is 0 Å². The number of benzene rings is 1. The molecule has 0 radical (unpaired) electrons. The Morgan fingerprint density at radius 3 is 2.73 bits per heavy atom. The number of hydrogen-bond acceptors (Lipinski definition) is 5. The van der Waals surface area contributed by atoms with Gasteiger partial charge >= 0.3 is 5.97 Å².